The second-order valence-electron chi connectivity index (χ2n) is 5.59. The van der Waals surface area contributed by atoms with Crippen molar-refractivity contribution < 1.29 is 18.3 Å². The number of nitrogens with one attached hydrogen (secondary N) is 1. The van der Waals surface area contributed by atoms with E-state index in [1.165, 1.54) is 0 Å². The number of hydrogen-bond acceptors (Lipinski definition) is 3. The molecule has 2 N–H and O–H groups in total. The normalized spacial score (nSPS) is 12.8. The minimum absolute atomic E-state index is 0.0783. The fourth-order valence-electron chi connectivity index (χ4n) is 2.17. The number of sulfonamides is 1. The average molecular weight is 412 g/mol. The molecule has 0 amide bonds. The third-order valence-electron chi connectivity index (χ3n) is 3.49. The first-order valence-corrected chi connectivity index (χ1v) is 9.63. The van der Waals surface area contributed by atoms with Crippen LogP contribution in [0.3, 0.4) is 0 Å². The van der Waals surface area contributed by atoms with E-state index in [4.69, 9.17) is 5.11 Å². The first-order chi connectivity index (χ1) is 11.3. The molecule has 0 aliphatic heterocycles. The van der Waals surface area contributed by atoms with Crippen molar-refractivity contribution in [3.8, 4) is 11.1 Å². The summed E-state index contributed by atoms with van der Waals surface area (Å²) in [6.07, 6.45) is -0.0783. The van der Waals surface area contributed by atoms with Gasteiger partial charge in [-0.2, -0.15) is 0 Å². The number of benzene rings is 2. The van der Waals surface area contributed by atoms with E-state index >= 15 is 0 Å². The SMILES string of the molecule is CC(CNS(=O)(=O)c1ccc(-c2ccc(Br)cc2)cc1)CC(=O)O. The topological polar surface area (TPSA) is 83.5 Å². The van der Waals surface area contributed by atoms with Crippen LogP contribution in [0.4, 0.5) is 0 Å². The van der Waals surface area contributed by atoms with Gasteiger partial charge in [-0.25, -0.2) is 13.1 Å². The molecule has 24 heavy (non-hydrogen) atoms. The quantitative estimate of drug-likeness (QED) is 0.729. The molecule has 0 heterocycles. The van der Waals surface area contributed by atoms with Crippen LogP contribution in [0.5, 0.6) is 0 Å². The Balaban J connectivity index is 2.08. The second kappa shape index (κ2) is 7.92. The summed E-state index contributed by atoms with van der Waals surface area (Å²) < 4.78 is 27.9. The van der Waals surface area contributed by atoms with Crippen molar-refractivity contribution >= 4 is 31.9 Å². The molecule has 1 unspecified atom stereocenters. The number of rotatable bonds is 7. The van der Waals surface area contributed by atoms with Crippen LogP contribution in [-0.2, 0) is 14.8 Å². The number of carbonyl (C=O) groups is 1. The number of aliphatic carboxylic acids is 1. The Bertz CT molecular complexity index is 801. The Morgan fingerprint density at radius 3 is 2.08 bits per heavy atom. The van der Waals surface area contributed by atoms with Crippen molar-refractivity contribution in [1.29, 1.82) is 0 Å². The van der Waals surface area contributed by atoms with Crippen molar-refractivity contribution in [1.82, 2.24) is 4.72 Å². The van der Waals surface area contributed by atoms with Gasteiger partial charge in [0, 0.05) is 17.4 Å². The van der Waals surface area contributed by atoms with Crippen molar-refractivity contribution in [2.75, 3.05) is 6.54 Å². The lowest BCUT2D eigenvalue weighted by molar-refractivity contribution is -0.137. The Morgan fingerprint density at radius 2 is 1.58 bits per heavy atom. The third kappa shape index (κ3) is 5.15. The summed E-state index contributed by atoms with van der Waals surface area (Å²) in [4.78, 5) is 10.8. The van der Waals surface area contributed by atoms with Gasteiger partial charge in [0.15, 0.2) is 0 Å². The molecule has 0 radical (unpaired) electrons. The predicted octanol–water partition coefficient (Wildman–Crippen LogP) is 3.51. The van der Waals surface area contributed by atoms with Crippen molar-refractivity contribution in [2.24, 2.45) is 5.92 Å². The van der Waals surface area contributed by atoms with E-state index in [2.05, 4.69) is 20.7 Å². The molecule has 2 rings (SSSR count). The van der Waals surface area contributed by atoms with Gasteiger partial charge in [0.25, 0.3) is 0 Å². The largest absolute Gasteiger partial charge is 0.481 e. The highest BCUT2D eigenvalue weighted by atomic mass is 79.9. The fourth-order valence-corrected chi connectivity index (χ4v) is 3.60. The summed E-state index contributed by atoms with van der Waals surface area (Å²) >= 11 is 3.38. The molecule has 1 atom stereocenters. The minimum atomic E-state index is -3.65. The van der Waals surface area contributed by atoms with Crippen molar-refractivity contribution in [3.05, 3.63) is 53.0 Å². The molecular weight excluding hydrogens is 394 g/mol. The molecule has 0 aliphatic carbocycles. The average Bonchev–Trinajstić information content (AvgIpc) is 2.53. The molecule has 5 nitrogen and oxygen atoms in total. The number of halogens is 1. The Hall–Kier alpha value is -1.70. The first kappa shape index (κ1) is 18.6. The number of carboxylic acids is 1. The van der Waals surface area contributed by atoms with Crippen LogP contribution in [0, 0.1) is 5.92 Å². The van der Waals surface area contributed by atoms with Gasteiger partial charge in [0.05, 0.1) is 4.90 Å². The second-order valence-corrected chi connectivity index (χ2v) is 8.27. The molecule has 0 saturated heterocycles. The maximum Gasteiger partial charge on any atom is 0.303 e. The van der Waals surface area contributed by atoms with Gasteiger partial charge in [-0.3, -0.25) is 4.79 Å². The lowest BCUT2D eigenvalue weighted by Crippen LogP contribution is -2.29. The maximum atomic E-state index is 12.3. The lowest BCUT2D eigenvalue weighted by atomic mass is 10.1. The molecule has 0 aliphatic rings. The molecule has 0 aromatic heterocycles. The summed E-state index contributed by atoms with van der Waals surface area (Å²) in [5.41, 5.74) is 1.91. The highest BCUT2D eigenvalue weighted by Crippen LogP contribution is 2.23. The van der Waals surface area contributed by atoms with Crippen LogP contribution in [-0.4, -0.2) is 26.0 Å². The molecule has 0 bridgehead atoms. The van der Waals surface area contributed by atoms with Crippen LogP contribution in [0.2, 0.25) is 0 Å². The van der Waals surface area contributed by atoms with E-state index in [-0.39, 0.29) is 23.8 Å². The maximum absolute atomic E-state index is 12.3. The summed E-state index contributed by atoms with van der Waals surface area (Å²) in [6, 6.07) is 14.3. The van der Waals surface area contributed by atoms with E-state index < -0.39 is 16.0 Å². The zero-order valence-electron chi connectivity index (χ0n) is 13.1. The molecule has 2 aromatic rings. The van der Waals surface area contributed by atoms with Gasteiger partial charge in [0.2, 0.25) is 10.0 Å². The van der Waals surface area contributed by atoms with E-state index in [9.17, 15) is 13.2 Å². The van der Waals surface area contributed by atoms with Gasteiger partial charge >= 0.3 is 5.97 Å². The Kier molecular flexibility index (Phi) is 6.15. The van der Waals surface area contributed by atoms with Gasteiger partial charge < -0.3 is 5.11 Å². The van der Waals surface area contributed by atoms with Crippen molar-refractivity contribution in [2.45, 2.75) is 18.2 Å². The Labute approximate surface area is 149 Å². The highest BCUT2D eigenvalue weighted by molar-refractivity contribution is 9.10. The monoisotopic (exact) mass is 411 g/mol. The molecule has 128 valence electrons. The van der Waals surface area contributed by atoms with Crippen LogP contribution >= 0.6 is 15.9 Å². The zero-order chi connectivity index (χ0) is 17.7. The van der Waals surface area contributed by atoms with Gasteiger partial charge in [-0.1, -0.05) is 47.1 Å². The van der Waals surface area contributed by atoms with Crippen LogP contribution in [0.15, 0.2) is 57.9 Å². The Morgan fingerprint density at radius 1 is 1.08 bits per heavy atom. The van der Waals surface area contributed by atoms with Crippen molar-refractivity contribution in [3.63, 3.8) is 0 Å². The van der Waals surface area contributed by atoms with E-state index in [0.29, 0.717) is 0 Å². The predicted molar refractivity (Wildman–Crippen MR) is 96.2 cm³/mol. The lowest BCUT2D eigenvalue weighted by Gasteiger charge is -2.11. The third-order valence-corrected chi connectivity index (χ3v) is 5.46. The van der Waals surface area contributed by atoms with Crippen LogP contribution in [0.25, 0.3) is 11.1 Å². The molecule has 2 aromatic carbocycles. The first-order valence-electron chi connectivity index (χ1n) is 7.35. The van der Waals surface area contributed by atoms with Crippen LogP contribution in [0.1, 0.15) is 13.3 Å². The summed E-state index contributed by atoms with van der Waals surface area (Å²) in [5, 5.41) is 8.71. The number of hydrogen-bond donors (Lipinski definition) is 2. The van der Waals surface area contributed by atoms with Gasteiger partial charge in [-0.15, -0.1) is 0 Å². The molecule has 0 spiro atoms. The standard InChI is InChI=1S/C17H18BrNO4S/c1-12(10-17(20)21)11-19-24(22,23)16-8-4-14(5-9-16)13-2-6-15(18)7-3-13/h2-9,12,19H,10-11H2,1H3,(H,20,21). The summed E-state index contributed by atoms with van der Waals surface area (Å²) in [5.74, 6) is -1.22. The molecular formula is C17H18BrNO4S. The van der Waals surface area contributed by atoms with E-state index in [1.807, 2.05) is 24.3 Å². The fraction of sp³-hybridized carbons (Fsp3) is 0.235. The van der Waals surface area contributed by atoms with Gasteiger partial charge in [-0.05, 0) is 41.3 Å². The number of carboxylic acid groups (broad SMARTS) is 1. The smallest absolute Gasteiger partial charge is 0.303 e. The molecule has 0 saturated carbocycles. The summed E-state index contributed by atoms with van der Waals surface area (Å²) in [7, 11) is -3.65. The molecule has 0 fully saturated rings. The summed E-state index contributed by atoms with van der Waals surface area (Å²) in [6.45, 7) is 1.77. The van der Waals surface area contributed by atoms with E-state index in [1.54, 1.807) is 31.2 Å². The minimum Gasteiger partial charge on any atom is -0.481 e. The molecule has 7 heteroatoms. The van der Waals surface area contributed by atoms with E-state index in [0.717, 1.165) is 15.6 Å². The zero-order valence-corrected chi connectivity index (χ0v) is 15.5. The highest BCUT2D eigenvalue weighted by Gasteiger charge is 2.16. The van der Waals surface area contributed by atoms with Gasteiger partial charge in [0.1, 0.15) is 0 Å². The van der Waals surface area contributed by atoms with Crippen LogP contribution < -0.4 is 4.72 Å².